The van der Waals surface area contributed by atoms with E-state index >= 15 is 0 Å². The van der Waals surface area contributed by atoms with Gasteiger partial charge in [-0.1, -0.05) is 37.8 Å². The van der Waals surface area contributed by atoms with E-state index in [0.717, 1.165) is 24.7 Å². The van der Waals surface area contributed by atoms with Crippen molar-refractivity contribution in [3.63, 3.8) is 0 Å². The molecule has 2 aromatic rings. The highest BCUT2D eigenvalue weighted by Crippen LogP contribution is 2.42. The number of fused-ring (bicyclic) bond motifs is 2. The zero-order valence-electron chi connectivity index (χ0n) is 14.5. The molecule has 0 bridgehead atoms. The minimum Gasteiger partial charge on any atom is -0.349 e. The molecule has 1 aromatic heterocycles. The Balaban J connectivity index is 1.39. The number of aromatic amines is 1. The first-order valence-corrected chi connectivity index (χ1v) is 9.46. The second-order valence-corrected chi connectivity index (χ2v) is 7.56. The van der Waals surface area contributed by atoms with Crippen LogP contribution in [-0.4, -0.2) is 15.9 Å². The highest BCUT2D eigenvalue weighted by Gasteiger charge is 2.34. The van der Waals surface area contributed by atoms with E-state index in [-0.39, 0.29) is 23.9 Å². The number of amides is 1. The zero-order valence-corrected chi connectivity index (χ0v) is 14.5. The third-order valence-corrected chi connectivity index (χ3v) is 6.00. The summed E-state index contributed by atoms with van der Waals surface area (Å²) in [7, 11) is 0. The van der Waals surface area contributed by atoms with E-state index in [0.29, 0.717) is 16.7 Å². The van der Waals surface area contributed by atoms with Gasteiger partial charge in [0.15, 0.2) is 0 Å². The minimum absolute atomic E-state index is 0.111. The summed E-state index contributed by atoms with van der Waals surface area (Å²) in [5, 5.41) is 3.56. The molecule has 4 rings (SSSR count). The molecule has 2 aliphatic carbocycles. The predicted molar refractivity (Wildman–Crippen MR) is 97.0 cm³/mol. The second-order valence-electron chi connectivity index (χ2n) is 7.56. The fraction of sp³-hybridized carbons (Fsp3) is 0.550. The van der Waals surface area contributed by atoms with Crippen LogP contribution in [-0.2, 0) is 11.3 Å². The number of nitrogens with zero attached hydrogens (tertiary/aromatic N) is 1. The van der Waals surface area contributed by atoms with Crippen LogP contribution < -0.4 is 10.9 Å². The van der Waals surface area contributed by atoms with Crippen molar-refractivity contribution in [3.05, 3.63) is 40.4 Å². The number of H-pyrrole nitrogens is 1. The van der Waals surface area contributed by atoms with Gasteiger partial charge < -0.3 is 10.3 Å². The number of rotatable bonds is 3. The summed E-state index contributed by atoms with van der Waals surface area (Å²) < 4.78 is 0. The van der Waals surface area contributed by atoms with Crippen molar-refractivity contribution in [1.29, 1.82) is 0 Å². The van der Waals surface area contributed by atoms with Crippen molar-refractivity contribution >= 4 is 16.8 Å². The summed E-state index contributed by atoms with van der Waals surface area (Å²) in [6.07, 6.45) is 8.52. The van der Waals surface area contributed by atoms with E-state index in [4.69, 9.17) is 0 Å². The topological polar surface area (TPSA) is 74.8 Å². The van der Waals surface area contributed by atoms with Gasteiger partial charge in [-0.25, -0.2) is 4.98 Å². The normalized spacial score (nSPS) is 26.2. The third kappa shape index (κ3) is 3.46. The number of carbonyl (C=O) groups excluding carboxylic acids is 1. The Bertz CT molecular complexity index is 829. The number of carbonyl (C=O) groups is 1. The molecule has 2 fully saturated rings. The summed E-state index contributed by atoms with van der Waals surface area (Å²) in [6.45, 7) is 0.281. The third-order valence-electron chi connectivity index (χ3n) is 6.00. The van der Waals surface area contributed by atoms with Crippen molar-refractivity contribution in [1.82, 2.24) is 15.3 Å². The van der Waals surface area contributed by atoms with Crippen LogP contribution in [0.4, 0.5) is 0 Å². The SMILES string of the molecule is O=C(NCc1nc2ccccc2c(=O)[nH]1)[C@@H]1CC[C@@H]2CCCC[C@@H]2C1. The second kappa shape index (κ2) is 6.98. The Morgan fingerprint density at radius 3 is 2.80 bits per heavy atom. The van der Waals surface area contributed by atoms with E-state index in [2.05, 4.69) is 15.3 Å². The van der Waals surface area contributed by atoms with Crippen molar-refractivity contribution < 1.29 is 4.79 Å². The average molecular weight is 339 g/mol. The Morgan fingerprint density at radius 1 is 1.12 bits per heavy atom. The van der Waals surface area contributed by atoms with Crippen LogP contribution in [0.2, 0.25) is 0 Å². The molecule has 2 saturated carbocycles. The molecule has 0 unspecified atom stereocenters. The van der Waals surface area contributed by atoms with E-state index in [9.17, 15) is 9.59 Å². The highest BCUT2D eigenvalue weighted by atomic mass is 16.2. The molecule has 5 nitrogen and oxygen atoms in total. The largest absolute Gasteiger partial charge is 0.349 e. The lowest BCUT2D eigenvalue weighted by molar-refractivity contribution is -0.127. The maximum absolute atomic E-state index is 12.6. The van der Waals surface area contributed by atoms with Gasteiger partial charge in [0, 0.05) is 5.92 Å². The smallest absolute Gasteiger partial charge is 0.258 e. The van der Waals surface area contributed by atoms with Crippen LogP contribution in [0, 0.1) is 17.8 Å². The van der Waals surface area contributed by atoms with Crippen molar-refractivity contribution in [2.75, 3.05) is 0 Å². The summed E-state index contributed by atoms with van der Waals surface area (Å²) in [6, 6.07) is 7.26. The Labute approximate surface area is 147 Å². The molecular weight excluding hydrogens is 314 g/mol. The van der Waals surface area contributed by atoms with Gasteiger partial charge in [0.25, 0.3) is 5.56 Å². The molecule has 3 atom stereocenters. The molecule has 1 aromatic carbocycles. The summed E-state index contributed by atoms with van der Waals surface area (Å²) in [5.74, 6) is 2.32. The number of hydrogen-bond donors (Lipinski definition) is 2. The van der Waals surface area contributed by atoms with Crippen LogP contribution in [0.25, 0.3) is 10.9 Å². The molecule has 0 saturated heterocycles. The Morgan fingerprint density at radius 2 is 1.92 bits per heavy atom. The lowest BCUT2D eigenvalue weighted by Crippen LogP contribution is -2.37. The summed E-state index contributed by atoms with van der Waals surface area (Å²) in [5.41, 5.74) is 0.510. The van der Waals surface area contributed by atoms with Crippen molar-refractivity contribution in [2.45, 2.75) is 51.5 Å². The summed E-state index contributed by atoms with van der Waals surface area (Å²) >= 11 is 0. The van der Waals surface area contributed by atoms with Gasteiger partial charge >= 0.3 is 0 Å². The van der Waals surface area contributed by atoms with Gasteiger partial charge in [-0.2, -0.15) is 0 Å². The standard InChI is InChI=1S/C20H25N3O2/c24-19(15-10-9-13-5-1-2-6-14(13)11-15)21-12-18-22-17-8-4-3-7-16(17)20(25)23-18/h3-4,7-8,13-15H,1-2,5-6,9-12H2,(H,21,24)(H,22,23,25)/t13-,14+,15+/m0/s1. The minimum atomic E-state index is -0.155. The molecule has 132 valence electrons. The van der Waals surface area contributed by atoms with Crippen LogP contribution in [0.5, 0.6) is 0 Å². The molecular formula is C20H25N3O2. The molecule has 2 aliphatic rings. The lowest BCUT2D eigenvalue weighted by atomic mass is 9.67. The van der Waals surface area contributed by atoms with Crippen LogP contribution >= 0.6 is 0 Å². The maximum Gasteiger partial charge on any atom is 0.258 e. The quantitative estimate of drug-likeness (QED) is 0.902. The first-order chi connectivity index (χ1) is 12.2. The first-order valence-electron chi connectivity index (χ1n) is 9.46. The lowest BCUT2D eigenvalue weighted by Gasteiger charge is -2.38. The fourth-order valence-electron chi connectivity index (χ4n) is 4.65. The van der Waals surface area contributed by atoms with Gasteiger partial charge in [0.1, 0.15) is 5.82 Å². The van der Waals surface area contributed by atoms with E-state index < -0.39 is 0 Å². The number of benzene rings is 1. The molecule has 2 N–H and O–H groups in total. The van der Waals surface area contributed by atoms with Crippen molar-refractivity contribution in [3.8, 4) is 0 Å². The van der Waals surface area contributed by atoms with Gasteiger partial charge in [-0.15, -0.1) is 0 Å². The van der Waals surface area contributed by atoms with E-state index in [1.807, 2.05) is 18.2 Å². The zero-order chi connectivity index (χ0) is 17.2. The number of nitrogens with one attached hydrogen (secondary N) is 2. The Kier molecular flexibility index (Phi) is 4.55. The molecule has 1 heterocycles. The van der Waals surface area contributed by atoms with E-state index in [1.54, 1.807) is 6.07 Å². The van der Waals surface area contributed by atoms with Gasteiger partial charge in [-0.3, -0.25) is 9.59 Å². The fourth-order valence-corrected chi connectivity index (χ4v) is 4.65. The van der Waals surface area contributed by atoms with Crippen LogP contribution in [0.3, 0.4) is 0 Å². The summed E-state index contributed by atoms with van der Waals surface area (Å²) in [4.78, 5) is 31.9. The molecule has 0 aliphatic heterocycles. The van der Waals surface area contributed by atoms with E-state index in [1.165, 1.54) is 32.1 Å². The number of para-hydroxylation sites is 1. The molecule has 25 heavy (non-hydrogen) atoms. The highest BCUT2D eigenvalue weighted by molar-refractivity contribution is 5.79. The number of hydrogen-bond acceptors (Lipinski definition) is 3. The average Bonchev–Trinajstić information content (AvgIpc) is 2.66. The number of aromatic nitrogens is 2. The molecule has 1 amide bonds. The van der Waals surface area contributed by atoms with Gasteiger partial charge in [-0.05, 0) is 43.2 Å². The van der Waals surface area contributed by atoms with Gasteiger partial charge in [0.2, 0.25) is 5.91 Å². The molecule has 0 spiro atoms. The van der Waals surface area contributed by atoms with Crippen molar-refractivity contribution in [2.24, 2.45) is 17.8 Å². The van der Waals surface area contributed by atoms with Crippen LogP contribution in [0.1, 0.15) is 50.8 Å². The monoisotopic (exact) mass is 339 g/mol. The molecule has 0 radical (unpaired) electrons. The molecule has 5 heteroatoms. The Hall–Kier alpha value is -2.17. The predicted octanol–water partition coefficient (Wildman–Crippen LogP) is 3.15. The maximum atomic E-state index is 12.6. The van der Waals surface area contributed by atoms with Crippen LogP contribution in [0.15, 0.2) is 29.1 Å². The van der Waals surface area contributed by atoms with Gasteiger partial charge in [0.05, 0.1) is 17.4 Å². The first kappa shape index (κ1) is 16.3.